The first kappa shape index (κ1) is 15.4. The molecule has 0 aromatic heterocycles. The average molecular weight is 290 g/mol. The molecule has 3 N–H and O–H groups in total. The summed E-state index contributed by atoms with van der Waals surface area (Å²) in [5.41, 5.74) is 0.565. The van der Waals surface area contributed by atoms with Crippen LogP contribution in [-0.4, -0.2) is 23.1 Å². The first-order valence-electron chi connectivity index (χ1n) is 7.45. The van der Waals surface area contributed by atoms with Gasteiger partial charge in [-0.2, -0.15) is 0 Å². The van der Waals surface area contributed by atoms with Gasteiger partial charge in [-0.15, -0.1) is 0 Å². The lowest BCUT2D eigenvalue weighted by molar-refractivity contribution is -0.139. The molecule has 0 bridgehead atoms. The second-order valence-corrected chi connectivity index (χ2v) is 5.58. The highest BCUT2D eigenvalue weighted by molar-refractivity contribution is 5.83. The van der Waals surface area contributed by atoms with Crippen LogP contribution in [0.15, 0.2) is 30.3 Å². The highest BCUT2D eigenvalue weighted by Gasteiger charge is 2.27. The normalized spacial score (nSPS) is 16.8. The molecule has 2 atom stereocenters. The number of carbonyl (C=O) groups is 2. The largest absolute Gasteiger partial charge is 0.479 e. The number of hydrogen-bond acceptors (Lipinski definition) is 2. The van der Waals surface area contributed by atoms with Crippen molar-refractivity contribution in [2.75, 3.05) is 0 Å². The van der Waals surface area contributed by atoms with Gasteiger partial charge in [-0.3, -0.25) is 0 Å². The van der Waals surface area contributed by atoms with E-state index in [1.807, 2.05) is 13.0 Å². The average Bonchev–Trinajstić information content (AvgIpc) is 3.28. The lowest BCUT2D eigenvalue weighted by Crippen LogP contribution is -2.45. The van der Waals surface area contributed by atoms with Crippen LogP contribution in [0.2, 0.25) is 0 Å². The van der Waals surface area contributed by atoms with Crippen LogP contribution < -0.4 is 10.6 Å². The third-order valence-corrected chi connectivity index (χ3v) is 3.80. The minimum absolute atomic E-state index is 0.114. The second kappa shape index (κ2) is 7.11. The molecular formula is C16H22N2O3. The molecule has 0 saturated heterocycles. The third kappa shape index (κ3) is 4.77. The molecule has 1 fully saturated rings. The molecule has 5 heteroatoms. The molecule has 0 spiro atoms. The maximum absolute atomic E-state index is 12.0. The van der Waals surface area contributed by atoms with E-state index in [1.165, 1.54) is 12.8 Å². The predicted molar refractivity (Wildman–Crippen MR) is 79.9 cm³/mol. The van der Waals surface area contributed by atoms with Gasteiger partial charge in [-0.1, -0.05) is 50.1 Å². The van der Waals surface area contributed by atoms with Crippen LogP contribution in [0.1, 0.15) is 44.2 Å². The molecule has 0 heterocycles. The lowest BCUT2D eigenvalue weighted by Gasteiger charge is -2.20. The maximum Gasteiger partial charge on any atom is 0.330 e. The topological polar surface area (TPSA) is 78.4 Å². The summed E-state index contributed by atoms with van der Waals surface area (Å²) in [6.45, 7) is 2.03. The Balaban J connectivity index is 1.93. The van der Waals surface area contributed by atoms with Crippen LogP contribution in [0.3, 0.4) is 0 Å². The highest BCUT2D eigenvalue weighted by Crippen LogP contribution is 2.34. The van der Waals surface area contributed by atoms with Gasteiger partial charge in [-0.25, -0.2) is 9.59 Å². The first-order chi connectivity index (χ1) is 10.1. The van der Waals surface area contributed by atoms with Crippen LogP contribution in [-0.2, 0) is 4.79 Å². The Bertz CT molecular complexity index is 486. The number of amides is 2. The number of aliphatic carboxylic acids is 1. The van der Waals surface area contributed by atoms with Crippen LogP contribution in [0.5, 0.6) is 0 Å². The summed E-state index contributed by atoms with van der Waals surface area (Å²) < 4.78 is 0. The number of nitrogens with one attached hydrogen (secondary N) is 2. The molecule has 114 valence electrons. The summed E-state index contributed by atoms with van der Waals surface area (Å²) in [5, 5.41) is 14.7. The minimum Gasteiger partial charge on any atom is -0.479 e. The van der Waals surface area contributed by atoms with Crippen molar-refractivity contribution >= 4 is 12.0 Å². The Kier molecular flexibility index (Phi) is 5.20. The van der Waals surface area contributed by atoms with Crippen molar-refractivity contribution in [2.24, 2.45) is 5.92 Å². The molecule has 0 aliphatic heterocycles. The van der Waals surface area contributed by atoms with Crippen LogP contribution in [0, 0.1) is 5.92 Å². The SMILES string of the molecule is CCC(CC1CC1)NC(=O)NC(C(=O)O)c1ccccc1. The van der Waals surface area contributed by atoms with Gasteiger partial charge >= 0.3 is 12.0 Å². The molecule has 5 nitrogen and oxygen atoms in total. The number of carboxylic acid groups (broad SMARTS) is 1. The van der Waals surface area contributed by atoms with Crippen LogP contribution >= 0.6 is 0 Å². The number of benzene rings is 1. The van der Waals surface area contributed by atoms with Crippen molar-refractivity contribution in [3.05, 3.63) is 35.9 Å². The molecule has 2 rings (SSSR count). The Hall–Kier alpha value is -2.04. The zero-order valence-electron chi connectivity index (χ0n) is 12.2. The van der Waals surface area contributed by atoms with Gasteiger partial charge in [0.1, 0.15) is 0 Å². The number of rotatable bonds is 7. The predicted octanol–water partition coefficient (Wildman–Crippen LogP) is 2.69. The lowest BCUT2D eigenvalue weighted by atomic mass is 10.1. The summed E-state index contributed by atoms with van der Waals surface area (Å²) in [6.07, 6.45) is 4.31. The summed E-state index contributed by atoms with van der Waals surface area (Å²) in [6, 6.07) is 7.39. The van der Waals surface area contributed by atoms with Crippen LogP contribution in [0.4, 0.5) is 4.79 Å². The zero-order chi connectivity index (χ0) is 15.2. The van der Waals surface area contributed by atoms with Gasteiger partial charge < -0.3 is 15.7 Å². The summed E-state index contributed by atoms with van der Waals surface area (Å²) >= 11 is 0. The van der Waals surface area contributed by atoms with E-state index in [9.17, 15) is 14.7 Å². The van der Waals surface area contributed by atoms with E-state index in [0.717, 1.165) is 18.8 Å². The summed E-state index contributed by atoms with van der Waals surface area (Å²) in [4.78, 5) is 23.4. The standard InChI is InChI=1S/C16H22N2O3/c1-2-13(10-11-8-9-11)17-16(21)18-14(15(19)20)12-6-4-3-5-7-12/h3-7,11,13-14H,2,8-10H2,1H3,(H,19,20)(H2,17,18,21). The van der Waals surface area contributed by atoms with E-state index in [4.69, 9.17) is 0 Å². The molecule has 0 radical (unpaired) electrons. The van der Waals surface area contributed by atoms with Crippen molar-refractivity contribution in [3.63, 3.8) is 0 Å². The molecule has 2 amide bonds. The van der Waals surface area contributed by atoms with Crippen molar-refractivity contribution in [3.8, 4) is 0 Å². The fraction of sp³-hybridized carbons (Fsp3) is 0.500. The van der Waals surface area contributed by atoms with E-state index in [2.05, 4.69) is 10.6 Å². The van der Waals surface area contributed by atoms with Crippen molar-refractivity contribution in [2.45, 2.75) is 44.7 Å². The summed E-state index contributed by atoms with van der Waals surface area (Å²) in [5.74, 6) is -0.341. The molecule has 1 aromatic rings. The van der Waals surface area contributed by atoms with Crippen molar-refractivity contribution < 1.29 is 14.7 Å². The van der Waals surface area contributed by atoms with E-state index in [1.54, 1.807) is 24.3 Å². The van der Waals surface area contributed by atoms with Gasteiger partial charge in [0.2, 0.25) is 0 Å². The number of hydrogen-bond donors (Lipinski definition) is 3. The quantitative estimate of drug-likeness (QED) is 0.722. The zero-order valence-corrected chi connectivity index (χ0v) is 12.2. The molecule has 1 saturated carbocycles. The molecule has 21 heavy (non-hydrogen) atoms. The number of carboxylic acids is 1. The van der Waals surface area contributed by atoms with E-state index >= 15 is 0 Å². The van der Waals surface area contributed by atoms with Gasteiger partial charge in [0.15, 0.2) is 6.04 Å². The summed E-state index contributed by atoms with van der Waals surface area (Å²) in [7, 11) is 0. The third-order valence-electron chi connectivity index (χ3n) is 3.80. The fourth-order valence-electron chi connectivity index (χ4n) is 2.37. The van der Waals surface area contributed by atoms with Crippen molar-refractivity contribution in [1.82, 2.24) is 10.6 Å². The first-order valence-corrected chi connectivity index (χ1v) is 7.45. The van der Waals surface area contributed by atoms with E-state index < -0.39 is 18.0 Å². The maximum atomic E-state index is 12.0. The van der Waals surface area contributed by atoms with Crippen LogP contribution in [0.25, 0.3) is 0 Å². The van der Waals surface area contributed by atoms with Gasteiger partial charge in [0.05, 0.1) is 0 Å². The number of urea groups is 1. The fourth-order valence-corrected chi connectivity index (χ4v) is 2.37. The monoisotopic (exact) mass is 290 g/mol. The molecule has 2 unspecified atom stereocenters. The van der Waals surface area contributed by atoms with Crippen molar-refractivity contribution in [1.29, 1.82) is 0 Å². The Labute approximate surface area is 124 Å². The molecule has 1 aromatic carbocycles. The molecule has 1 aliphatic carbocycles. The van der Waals surface area contributed by atoms with Gasteiger partial charge in [-0.05, 0) is 24.3 Å². The van der Waals surface area contributed by atoms with E-state index in [-0.39, 0.29) is 6.04 Å². The molecule has 1 aliphatic rings. The Morgan fingerprint density at radius 2 is 1.90 bits per heavy atom. The molecular weight excluding hydrogens is 268 g/mol. The smallest absolute Gasteiger partial charge is 0.330 e. The number of carbonyl (C=O) groups excluding carboxylic acids is 1. The van der Waals surface area contributed by atoms with E-state index in [0.29, 0.717) is 5.56 Å². The Morgan fingerprint density at radius 3 is 2.43 bits per heavy atom. The minimum atomic E-state index is -1.06. The highest BCUT2D eigenvalue weighted by atomic mass is 16.4. The second-order valence-electron chi connectivity index (χ2n) is 5.58. The van der Waals surface area contributed by atoms with Gasteiger partial charge in [0, 0.05) is 6.04 Å². The Morgan fingerprint density at radius 1 is 1.24 bits per heavy atom. The van der Waals surface area contributed by atoms with Gasteiger partial charge in [0.25, 0.3) is 0 Å².